The molecule has 0 radical (unpaired) electrons. The van der Waals surface area contributed by atoms with Gasteiger partial charge in [-0.15, -0.1) is 0 Å². The van der Waals surface area contributed by atoms with Crippen LogP contribution in [0.15, 0.2) is 42.9 Å². The van der Waals surface area contributed by atoms with Crippen molar-refractivity contribution in [2.75, 3.05) is 24.4 Å². The predicted octanol–water partition coefficient (Wildman–Crippen LogP) is 3.39. The first-order valence-electron chi connectivity index (χ1n) is 9.31. The number of ether oxygens (including phenoxy) is 2. The van der Waals surface area contributed by atoms with Crippen LogP contribution in [0.4, 0.5) is 11.5 Å². The molecule has 0 amide bonds. The lowest BCUT2D eigenvalue weighted by molar-refractivity contribution is 0.395. The number of methoxy groups -OCH3 is 2. The van der Waals surface area contributed by atoms with Crippen LogP contribution < -0.4 is 19.7 Å². The summed E-state index contributed by atoms with van der Waals surface area (Å²) in [6.07, 6.45) is 8.24. The van der Waals surface area contributed by atoms with Gasteiger partial charge in [-0.2, -0.15) is 5.10 Å². The highest BCUT2D eigenvalue weighted by molar-refractivity contribution is 5.74. The highest BCUT2D eigenvalue weighted by atomic mass is 16.5. The van der Waals surface area contributed by atoms with Gasteiger partial charge in [-0.05, 0) is 25.0 Å². The molecule has 1 aromatic carbocycles. The van der Waals surface area contributed by atoms with Gasteiger partial charge in [0.25, 0.3) is 0 Å². The number of benzene rings is 1. The van der Waals surface area contributed by atoms with Gasteiger partial charge < -0.3 is 19.7 Å². The monoisotopic (exact) mass is 378 g/mol. The molecule has 0 atom stereocenters. The van der Waals surface area contributed by atoms with E-state index in [0.717, 1.165) is 34.6 Å². The first-order valence-corrected chi connectivity index (χ1v) is 9.31. The summed E-state index contributed by atoms with van der Waals surface area (Å²) < 4.78 is 13.2. The summed E-state index contributed by atoms with van der Waals surface area (Å²) in [5.74, 6) is 4.68. The van der Waals surface area contributed by atoms with E-state index in [0.29, 0.717) is 12.5 Å². The Bertz CT molecular complexity index is 1010. The SMILES string of the molecule is COc1cccc(OC)c1N1C=C(Nc2cc(C3CC3)[nH]n2)n2ccnc2C1. The van der Waals surface area contributed by atoms with E-state index in [1.54, 1.807) is 20.4 Å². The maximum absolute atomic E-state index is 5.58. The lowest BCUT2D eigenvalue weighted by Gasteiger charge is -2.29. The first kappa shape index (κ1) is 16.7. The van der Waals surface area contributed by atoms with E-state index in [1.807, 2.05) is 35.2 Å². The zero-order valence-corrected chi connectivity index (χ0v) is 15.8. The van der Waals surface area contributed by atoms with E-state index in [4.69, 9.17) is 9.47 Å². The molecule has 144 valence electrons. The van der Waals surface area contributed by atoms with Gasteiger partial charge >= 0.3 is 0 Å². The second kappa shape index (κ2) is 6.63. The average molecular weight is 378 g/mol. The summed E-state index contributed by atoms with van der Waals surface area (Å²) in [5, 5.41) is 11.0. The molecule has 1 aliphatic heterocycles. The summed E-state index contributed by atoms with van der Waals surface area (Å²) >= 11 is 0. The number of nitrogens with zero attached hydrogens (tertiary/aromatic N) is 4. The van der Waals surface area contributed by atoms with Crippen molar-refractivity contribution in [3.63, 3.8) is 0 Å². The van der Waals surface area contributed by atoms with Crippen LogP contribution in [0.3, 0.4) is 0 Å². The van der Waals surface area contributed by atoms with Crippen LogP contribution in [0, 0.1) is 0 Å². The molecule has 5 rings (SSSR count). The Labute approximate surface area is 162 Å². The molecule has 8 nitrogen and oxygen atoms in total. The molecule has 1 aliphatic carbocycles. The van der Waals surface area contributed by atoms with Gasteiger partial charge in [0.05, 0.1) is 20.8 Å². The van der Waals surface area contributed by atoms with Crippen LogP contribution >= 0.6 is 0 Å². The van der Waals surface area contributed by atoms with Crippen molar-refractivity contribution in [1.29, 1.82) is 0 Å². The Hall–Kier alpha value is -3.42. The third kappa shape index (κ3) is 2.87. The number of para-hydroxylation sites is 1. The van der Waals surface area contributed by atoms with E-state index in [9.17, 15) is 0 Å². The van der Waals surface area contributed by atoms with Gasteiger partial charge in [-0.3, -0.25) is 9.67 Å². The minimum atomic E-state index is 0.600. The fourth-order valence-corrected chi connectivity index (χ4v) is 3.56. The highest BCUT2D eigenvalue weighted by Crippen LogP contribution is 2.41. The number of imidazole rings is 1. The van der Waals surface area contributed by atoms with E-state index in [1.165, 1.54) is 18.5 Å². The Morgan fingerprint density at radius 1 is 1.18 bits per heavy atom. The fraction of sp³-hybridized carbons (Fsp3) is 0.300. The molecule has 2 N–H and O–H groups in total. The predicted molar refractivity (Wildman–Crippen MR) is 106 cm³/mol. The largest absolute Gasteiger partial charge is 0.494 e. The van der Waals surface area contributed by atoms with Crippen LogP contribution in [0.1, 0.15) is 30.3 Å². The Morgan fingerprint density at radius 3 is 2.68 bits per heavy atom. The maximum Gasteiger partial charge on any atom is 0.153 e. The number of aromatic amines is 1. The Balaban J connectivity index is 1.52. The van der Waals surface area contributed by atoms with Crippen LogP contribution in [0.5, 0.6) is 11.5 Å². The second-order valence-electron chi connectivity index (χ2n) is 6.97. The highest BCUT2D eigenvalue weighted by Gasteiger charge is 2.27. The van der Waals surface area contributed by atoms with Gasteiger partial charge in [0.2, 0.25) is 0 Å². The van der Waals surface area contributed by atoms with Crippen molar-refractivity contribution < 1.29 is 9.47 Å². The minimum Gasteiger partial charge on any atom is -0.494 e. The Kier molecular flexibility index (Phi) is 3.96. The van der Waals surface area contributed by atoms with Crippen molar-refractivity contribution in [3.8, 4) is 11.5 Å². The summed E-state index contributed by atoms with van der Waals surface area (Å²) in [6.45, 7) is 0.600. The van der Waals surface area contributed by atoms with Gasteiger partial charge in [-0.1, -0.05) is 6.07 Å². The molecule has 3 heterocycles. The number of anilines is 2. The lowest BCUT2D eigenvalue weighted by atomic mass is 10.2. The van der Waals surface area contributed by atoms with Crippen molar-refractivity contribution in [1.82, 2.24) is 19.7 Å². The van der Waals surface area contributed by atoms with E-state index in [2.05, 4.69) is 31.5 Å². The summed E-state index contributed by atoms with van der Waals surface area (Å²) in [6, 6.07) is 7.85. The number of H-pyrrole nitrogens is 1. The third-order valence-electron chi connectivity index (χ3n) is 5.13. The van der Waals surface area contributed by atoms with Gasteiger partial charge in [-0.25, -0.2) is 4.98 Å². The quantitative estimate of drug-likeness (QED) is 0.684. The van der Waals surface area contributed by atoms with Crippen molar-refractivity contribution in [2.24, 2.45) is 0 Å². The van der Waals surface area contributed by atoms with Crippen LogP contribution in [-0.4, -0.2) is 34.0 Å². The summed E-state index contributed by atoms with van der Waals surface area (Å²) in [4.78, 5) is 6.59. The molecule has 8 heteroatoms. The van der Waals surface area contributed by atoms with Crippen LogP contribution in [0.2, 0.25) is 0 Å². The standard InChI is InChI=1S/C20H22N6O2/c1-27-15-4-3-5-16(28-2)20(15)25-11-18-21-8-9-26(18)19(12-25)22-17-10-14(23-24-17)13-6-7-13/h3-5,8-10,12-13H,6-7,11H2,1-2H3,(H2,22,23,24). The van der Waals surface area contributed by atoms with E-state index >= 15 is 0 Å². The molecule has 3 aromatic rings. The van der Waals surface area contributed by atoms with E-state index < -0.39 is 0 Å². The number of nitrogens with one attached hydrogen (secondary N) is 2. The zero-order chi connectivity index (χ0) is 19.1. The number of rotatable bonds is 6. The van der Waals surface area contributed by atoms with Crippen molar-refractivity contribution in [3.05, 3.63) is 54.4 Å². The number of fused-ring (bicyclic) bond motifs is 1. The minimum absolute atomic E-state index is 0.600. The van der Waals surface area contributed by atoms with Crippen molar-refractivity contribution in [2.45, 2.75) is 25.3 Å². The normalized spacial score (nSPS) is 15.8. The van der Waals surface area contributed by atoms with Crippen LogP contribution in [-0.2, 0) is 6.54 Å². The molecule has 2 aromatic heterocycles. The molecule has 2 aliphatic rings. The Morgan fingerprint density at radius 2 is 1.96 bits per heavy atom. The molecular weight excluding hydrogens is 356 g/mol. The topological polar surface area (TPSA) is 80.2 Å². The number of hydrogen-bond acceptors (Lipinski definition) is 6. The van der Waals surface area contributed by atoms with Crippen molar-refractivity contribution >= 4 is 17.3 Å². The number of hydrogen-bond donors (Lipinski definition) is 2. The second-order valence-corrected chi connectivity index (χ2v) is 6.97. The number of aromatic nitrogens is 4. The molecule has 0 unspecified atom stereocenters. The average Bonchev–Trinajstić information content (AvgIpc) is 3.28. The molecule has 0 bridgehead atoms. The molecule has 0 saturated heterocycles. The summed E-state index contributed by atoms with van der Waals surface area (Å²) in [5.41, 5.74) is 2.05. The molecule has 1 saturated carbocycles. The van der Waals surface area contributed by atoms with E-state index in [-0.39, 0.29) is 0 Å². The third-order valence-corrected chi connectivity index (χ3v) is 5.13. The first-order chi connectivity index (χ1) is 13.8. The molecule has 0 spiro atoms. The molecule has 28 heavy (non-hydrogen) atoms. The van der Waals surface area contributed by atoms with Crippen LogP contribution in [0.25, 0.3) is 5.82 Å². The molecular formula is C20H22N6O2. The van der Waals surface area contributed by atoms with Gasteiger partial charge in [0.1, 0.15) is 28.8 Å². The smallest absolute Gasteiger partial charge is 0.153 e. The van der Waals surface area contributed by atoms with Gasteiger partial charge in [0, 0.05) is 36.3 Å². The maximum atomic E-state index is 5.58. The fourth-order valence-electron chi connectivity index (χ4n) is 3.56. The lowest BCUT2D eigenvalue weighted by Crippen LogP contribution is -2.27. The molecule has 1 fully saturated rings. The zero-order valence-electron chi connectivity index (χ0n) is 15.8. The van der Waals surface area contributed by atoms with Gasteiger partial charge in [0.15, 0.2) is 5.82 Å². The summed E-state index contributed by atoms with van der Waals surface area (Å²) in [7, 11) is 3.32.